The molecular formula is C24H28F8N4O2. The molecule has 212 valence electrons. The minimum absolute atomic E-state index is 0.00578. The fourth-order valence-corrected chi connectivity index (χ4v) is 4.01. The number of carbonyl (C=O) groups is 2. The molecule has 2 aliphatic rings. The first-order valence-electron chi connectivity index (χ1n) is 12.1. The molecule has 14 heteroatoms. The maximum atomic E-state index is 13.0. The number of alkyl halides is 8. The van der Waals surface area contributed by atoms with E-state index >= 15 is 0 Å². The lowest BCUT2D eigenvalue weighted by atomic mass is 9.97. The van der Waals surface area contributed by atoms with Crippen LogP contribution >= 0.6 is 0 Å². The molecule has 2 amide bonds. The van der Waals surface area contributed by atoms with Gasteiger partial charge in [0.05, 0.1) is 24.0 Å². The molecule has 6 nitrogen and oxygen atoms in total. The number of amides is 2. The third kappa shape index (κ3) is 8.29. The minimum Gasteiger partial charge on any atom is -0.352 e. The first-order chi connectivity index (χ1) is 17.6. The zero-order chi connectivity index (χ0) is 28.2. The second-order valence-electron chi connectivity index (χ2n) is 9.61. The molecule has 0 radical (unpaired) electrons. The number of H-pyrrole nitrogens is 1. The molecule has 1 aromatic carbocycles. The van der Waals surface area contributed by atoms with Gasteiger partial charge in [-0.05, 0) is 43.4 Å². The number of aromatic nitrogens is 2. The molecule has 2 fully saturated rings. The van der Waals surface area contributed by atoms with E-state index in [2.05, 4.69) is 20.6 Å². The second kappa shape index (κ2) is 11.4. The van der Waals surface area contributed by atoms with Crippen molar-refractivity contribution in [3.05, 3.63) is 29.6 Å². The summed E-state index contributed by atoms with van der Waals surface area (Å²) < 4.78 is 99.6. The highest BCUT2D eigenvalue weighted by Gasteiger charge is 2.68. The number of fused-ring (bicyclic) bond motifs is 1. The highest BCUT2D eigenvalue weighted by molar-refractivity contribution is 5.86. The van der Waals surface area contributed by atoms with E-state index in [1.54, 1.807) is 18.2 Å². The van der Waals surface area contributed by atoms with Gasteiger partial charge in [0, 0.05) is 25.8 Å². The number of rotatable bonds is 7. The second-order valence-corrected chi connectivity index (χ2v) is 9.61. The number of nitrogens with one attached hydrogen (secondary N) is 3. The van der Waals surface area contributed by atoms with Crippen molar-refractivity contribution in [1.82, 2.24) is 20.6 Å². The number of nitrogens with zero attached hydrogens (tertiary/aromatic N) is 1. The zero-order valence-corrected chi connectivity index (χ0v) is 20.3. The van der Waals surface area contributed by atoms with E-state index in [0.29, 0.717) is 29.4 Å². The Labute approximate surface area is 212 Å². The van der Waals surface area contributed by atoms with Crippen LogP contribution in [-0.4, -0.2) is 40.1 Å². The van der Waals surface area contributed by atoms with E-state index in [1.807, 2.05) is 0 Å². The van der Waals surface area contributed by atoms with Crippen LogP contribution < -0.4 is 10.6 Å². The van der Waals surface area contributed by atoms with Crippen LogP contribution in [0, 0.1) is 5.41 Å². The van der Waals surface area contributed by atoms with E-state index in [4.69, 9.17) is 0 Å². The van der Waals surface area contributed by atoms with Crippen LogP contribution in [0.25, 0.3) is 11.0 Å². The molecule has 0 atom stereocenters. The first kappa shape index (κ1) is 29.6. The molecule has 1 heterocycles. The Hall–Kier alpha value is -2.93. The molecule has 0 saturated heterocycles. The van der Waals surface area contributed by atoms with Crippen LogP contribution in [0.5, 0.6) is 0 Å². The summed E-state index contributed by atoms with van der Waals surface area (Å²) in [5.41, 5.74) is -0.714. The van der Waals surface area contributed by atoms with Crippen LogP contribution in [0.1, 0.15) is 69.2 Å². The number of carbonyl (C=O) groups excluding carboxylic acids is 2. The normalized spacial score (nSPS) is 18.3. The van der Waals surface area contributed by atoms with Crippen molar-refractivity contribution in [2.24, 2.45) is 5.41 Å². The van der Waals surface area contributed by atoms with Crippen LogP contribution in [0.2, 0.25) is 0 Å². The first-order valence-corrected chi connectivity index (χ1v) is 12.1. The molecule has 0 spiro atoms. The summed E-state index contributed by atoms with van der Waals surface area (Å²) in [6.45, 7) is -0.208. The summed E-state index contributed by atoms with van der Waals surface area (Å²) in [6, 6.07) is 4.81. The lowest BCUT2D eigenvalue weighted by Gasteiger charge is -2.20. The predicted octanol–water partition coefficient (Wildman–Crippen LogP) is 6.07. The van der Waals surface area contributed by atoms with E-state index in [-0.39, 0.29) is 44.6 Å². The van der Waals surface area contributed by atoms with Crippen LogP contribution in [0.4, 0.5) is 35.1 Å². The maximum absolute atomic E-state index is 13.0. The lowest BCUT2D eigenvalue weighted by Crippen LogP contribution is -2.41. The number of hydrogen-bond acceptors (Lipinski definition) is 3. The fourth-order valence-electron chi connectivity index (χ4n) is 4.01. The molecule has 2 aromatic rings. The van der Waals surface area contributed by atoms with Gasteiger partial charge in [-0.25, -0.2) is 13.8 Å². The van der Waals surface area contributed by atoms with Crippen molar-refractivity contribution in [3.63, 3.8) is 0 Å². The number of benzene rings is 1. The predicted molar refractivity (Wildman–Crippen MR) is 121 cm³/mol. The molecule has 3 N–H and O–H groups in total. The Bertz CT molecular complexity index is 1110. The van der Waals surface area contributed by atoms with Crippen molar-refractivity contribution in [1.29, 1.82) is 0 Å². The van der Waals surface area contributed by atoms with Crippen LogP contribution in [0.3, 0.4) is 0 Å². The van der Waals surface area contributed by atoms with Crippen LogP contribution in [-0.2, 0) is 22.7 Å². The molecular weight excluding hydrogens is 528 g/mol. The van der Waals surface area contributed by atoms with Gasteiger partial charge in [-0.1, -0.05) is 12.5 Å². The third-order valence-corrected chi connectivity index (χ3v) is 6.45. The number of imidazole rings is 1. The highest BCUT2D eigenvalue weighted by atomic mass is 19.4. The van der Waals surface area contributed by atoms with Crippen molar-refractivity contribution in [2.45, 2.75) is 89.2 Å². The Morgan fingerprint density at radius 3 is 2.11 bits per heavy atom. The molecule has 2 saturated carbocycles. The lowest BCUT2D eigenvalue weighted by molar-refractivity contribution is -0.192. The van der Waals surface area contributed by atoms with Crippen molar-refractivity contribution in [2.75, 3.05) is 0 Å². The smallest absolute Gasteiger partial charge is 0.352 e. The summed E-state index contributed by atoms with van der Waals surface area (Å²) in [4.78, 5) is 30.4. The van der Waals surface area contributed by atoms with Gasteiger partial charge in [-0.3, -0.25) is 9.59 Å². The van der Waals surface area contributed by atoms with E-state index < -0.39 is 48.3 Å². The Morgan fingerprint density at radius 2 is 1.58 bits per heavy atom. The van der Waals surface area contributed by atoms with Gasteiger partial charge in [0.1, 0.15) is 11.2 Å². The highest BCUT2D eigenvalue weighted by Crippen LogP contribution is 2.57. The van der Waals surface area contributed by atoms with Crippen molar-refractivity contribution >= 4 is 22.8 Å². The summed E-state index contributed by atoms with van der Waals surface area (Å²) in [5, 5.41) is 4.63. The molecule has 0 aliphatic heterocycles. The molecule has 38 heavy (non-hydrogen) atoms. The van der Waals surface area contributed by atoms with E-state index in [0.717, 1.165) is 6.42 Å². The standard InChI is InChI=1S/C18H18F6N4O2.C6H10F2/c19-17(20,21)4-3-14(29)25-8-10-1-2-11-12(7-10)28-13(27-11)9-26-15(30)16(5-6-16)18(22,23)24;7-6(8)4-2-1-3-5-6/h1-2,7H,3-6,8-9H2,(H,25,29)(H,26,30)(H,27,28);1-5H2. The zero-order valence-electron chi connectivity index (χ0n) is 20.3. The fraction of sp³-hybridized carbons (Fsp3) is 0.625. The van der Waals surface area contributed by atoms with Crippen LogP contribution in [0.15, 0.2) is 18.2 Å². The topological polar surface area (TPSA) is 86.9 Å². The molecule has 0 unspecified atom stereocenters. The quantitative estimate of drug-likeness (QED) is 0.362. The van der Waals surface area contributed by atoms with Gasteiger partial charge in [-0.2, -0.15) is 26.3 Å². The Morgan fingerprint density at radius 1 is 0.921 bits per heavy atom. The van der Waals surface area contributed by atoms with Crippen molar-refractivity contribution in [3.8, 4) is 0 Å². The van der Waals surface area contributed by atoms with Gasteiger partial charge in [-0.15, -0.1) is 0 Å². The molecule has 1 aromatic heterocycles. The largest absolute Gasteiger partial charge is 0.403 e. The average molecular weight is 556 g/mol. The number of halogens is 8. The van der Waals surface area contributed by atoms with Gasteiger partial charge in [0.25, 0.3) is 0 Å². The van der Waals surface area contributed by atoms with E-state index in [9.17, 15) is 44.7 Å². The molecule has 0 bridgehead atoms. The average Bonchev–Trinajstić information content (AvgIpc) is 3.55. The Kier molecular flexibility index (Phi) is 8.92. The third-order valence-electron chi connectivity index (χ3n) is 6.45. The van der Waals surface area contributed by atoms with Gasteiger partial charge >= 0.3 is 12.4 Å². The van der Waals surface area contributed by atoms with Crippen molar-refractivity contribution < 1.29 is 44.7 Å². The molecule has 2 aliphatic carbocycles. The summed E-state index contributed by atoms with van der Waals surface area (Å²) in [6.07, 6.45) is -8.68. The van der Waals surface area contributed by atoms with Gasteiger partial charge in [0.15, 0.2) is 0 Å². The Balaban J connectivity index is 0.000000427. The maximum Gasteiger partial charge on any atom is 0.403 e. The summed E-state index contributed by atoms with van der Waals surface area (Å²) in [5.74, 6) is -3.89. The monoisotopic (exact) mass is 556 g/mol. The number of hydrogen-bond donors (Lipinski definition) is 3. The number of aromatic amines is 1. The van der Waals surface area contributed by atoms with Gasteiger partial charge in [0.2, 0.25) is 17.7 Å². The minimum atomic E-state index is -4.59. The van der Waals surface area contributed by atoms with E-state index in [1.165, 1.54) is 0 Å². The SMILES string of the molecule is FC1(F)CCCCC1.O=C(CCC(F)(F)F)NCc1ccc2nc(CNC(=O)C3(C(F)(F)F)CC3)[nH]c2c1. The molecule has 4 rings (SSSR count). The summed E-state index contributed by atoms with van der Waals surface area (Å²) in [7, 11) is 0. The summed E-state index contributed by atoms with van der Waals surface area (Å²) >= 11 is 0. The van der Waals surface area contributed by atoms with Gasteiger partial charge < -0.3 is 15.6 Å².